The zero-order valence-electron chi connectivity index (χ0n) is 17.5. The van der Waals surface area contributed by atoms with Gasteiger partial charge in [-0.25, -0.2) is 15.0 Å². The second-order valence-electron chi connectivity index (χ2n) is 8.31. The van der Waals surface area contributed by atoms with Crippen molar-refractivity contribution < 1.29 is 4.74 Å². The van der Waals surface area contributed by atoms with Crippen LogP contribution < -0.4 is 4.90 Å². The molecule has 160 valence electrons. The largest absolute Gasteiger partial charge is 0.378 e. The fourth-order valence-electron chi connectivity index (χ4n) is 4.62. The molecule has 3 aromatic heterocycles. The number of aromatic amines is 1. The fourth-order valence-corrected chi connectivity index (χ4v) is 5.60. The standard InChI is InChI=1S/C23H26N6OS/c1-2-9-28(10-3-1)15-19-25-20-22(29-11-13-30-14-12-29)26-21(27-23(20)31-19)17-5-4-6-18-16(17)7-8-24-18/h4-8,24H,1-3,9-15H2. The first-order valence-corrected chi connectivity index (χ1v) is 12.0. The highest BCUT2D eigenvalue weighted by atomic mass is 32.1. The molecule has 0 radical (unpaired) electrons. The summed E-state index contributed by atoms with van der Waals surface area (Å²) in [4.78, 5) is 24.2. The van der Waals surface area contributed by atoms with Crippen molar-refractivity contribution in [3.8, 4) is 11.4 Å². The Morgan fingerprint density at radius 1 is 0.968 bits per heavy atom. The Hall–Kier alpha value is -2.55. The molecule has 4 aromatic rings. The third-order valence-corrected chi connectivity index (χ3v) is 7.17. The maximum absolute atomic E-state index is 5.59. The molecule has 0 bridgehead atoms. The minimum absolute atomic E-state index is 0.721. The molecule has 2 fully saturated rings. The van der Waals surface area contributed by atoms with Gasteiger partial charge in [0.2, 0.25) is 0 Å². The van der Waals surface area contributed by atoms with E-state index in [0.29, 0.717) is 0 Å². The van der Waals surface area contributed by atoms with Crippen LogP contribution in [-0.2, 0) is 11.3 Å². The van der Waals surface area contributed by atoms with E-state index in [2.05, 4.69) is 39.0 Å². The van der Waals surface area contributed by atoms with E-state index in [1.165, 1.54) is 32.4 Å². The van der Waals surface area contributed by atoms with Crippen LogP contribution in [0.15, 0.2) is 30.5 Å². The quantitative estimate of drug-likeness (QED) is 0.522. The summed E-state index contributed by atoms with van der Waals surface area (Å²) >= 11 is 1.72. The van der Waals surface area contributed by atoms with Crippen LogP contribution in [0.5, 0.6) is 0 Å². The van der Waals surface area contributed by atoms with Crippen LogP contribution in [0.4, 0.5) is 5.82 Å². The van der Waals surface area contributed by atoms with E-state index in [1.807, 2.05) is 6.20 Å². The molecule has 0 saturated carbocycles. The maximum Gasteiger partial charge on any atom is 0.163 e. The molecule has 2 aliphatic rings. The first-order valence-electron chi connectivity index (χ1n) is 11.1. The molecule has 2 saturated heterocycles. The van der Waals surface area contributed by atoms with E-state index in [0.717, 1.165) is 76.3 Å². The summed E-state index contributed by atoms with van der Waals surface area (Å²) in [7, 11) is 0. The number of likely N-dealkylation sites (tertiary alicyclic amines) is 1. The zero-order valence-corrected chi connectivity index (χ0v) is 18.3. The van der Waals surface area contributed by atoms with Gasteiger partial charge in [0.15, 0.2) is 11.6 Å². The number of nitrogens with one attached hydrogen (secondary N) is 1. The number of morpholine rings is 1. The summed E-state index contributed by atoms with van der Waals surface area (Å²) in [6, 6.07) is 8.35. The number of rotatable bonds is 4. The van der Waals surface area contributed by atoms with Crippen LogP contribution in [-0.4, -0.2) is 64.2 Å². The van der Waals surface area contributed by atoms with Gasteiger partial charge >= 0.3 is 0 Å². The lowest BCUT2D eigenvalue weighted by atomic mass is 10.1. The zero-order chi connectivity index (χ0) is 20.6. The van der Waals surface area contributed by atoms with Crippen LogP contribution in [0.2, 0.25) is 0 Å². The average molecular weight is 435 g/mol. The van der Waals surface area contributed by atoms with Crippen molar-refractivity contribution in [1.29, 1.82) is 0 Å². The second kappa shape index (κ2) is 8.18. The van der Waals surface area contributed by atoms with Crippen LogP contribution in [0.3, 0.4) is 0 Å². The molecule has 0 aliphatic carbocycles. The molecule has 1 N–H and O–H groups in total. The second-order valence-corrected chi connectivity index (χ2v) is 9.37. The van der Waals surface area contributed by atoms with E-state index < -0.39 is 0 Å². The van der Waals surface area contributed by atoms with Crippen molar-refractivity contribution in [3.63, 3.8) is 0 Å². The van der Waals surface area contributed by atoms with Gasteiger partial charge in [0, 0.05) is 35.8 Å². The molecule has 5 heterocycles. The SMILES string of the molecule is c1cc(-c2nc(N3CCOCC3)c3nc(CN4CCCCC4)sc3n2)c2cc[nH]c2c1. The summed E-state index contributed by atoms with van der Waals surface area (Å²) in [5.74, 6) is 1.71. The third-order valence-electron chi connectivity index (χ3n) is 6.24. The number of hydrogen-bond acceptors (Lipinski definition) is 7. The Balaban J connectivity index is 1.46. The Morgan fingerprint density at radius 2 is 1.84 bits per heavy atom. The van der Waals surface area contributed by atoms with Gasteiger partial charge in [0.05, 0.1) is 19.8 Å². The molecular weight excluding hydrogens is 408 g/mol. The molecule has 8 heteroatoms. The van der Waals surface area contributed by atoms with E-state index in [9.17, 15) is 0 Å². The van der Waals surface area contributed by atoms with Gasteiger partial charge in [0.1, 0.15) is 15.4 Å². The number of ether oxygens (including phenoxy) is 1. The maximum atomic E-state index is 5.59. The normalized spacial score (nSPS) is 18.3. The number of fused-ring (bicyclic) bond motifs is 2. The molecule has 0 amide bonds. The molecule has 31 heavy (non-hydrogen) atoms. The molecule has 0 atom stereocenters. The summed E-state index contributed by atoms with van der Waals surface area (Å²) in [5.41, 5.74) is 3.09. The molecule has 7 nitrogen and oxygen atoms in total. The van der Waals surface area contributed by atoms with E-state index in [-0.39, 0.29) is 0 Å². The topological polar surface area (TPSA) is 70.2 Å². The molecule has 0 unspecified atom stereocenters. The van der Waals surface area contributed by atoms with Crippen molar-refractivity contribution in [2.75, 3.05) is 44.3 Å². The molecule has 1 aromatic carbocycles. The number of nitrogens with zero attached hydrogens (tertiary/aromatic N) is 5. The Bertz CT molecular complexity index is 1210. The van der Waals surface area contributed by atoms with Crippen molar-refractivity contribution >= 4 is 38.4 Å². The van der Waals surface area contributed by atoms with Crippen LogP contribution >= 0.6 is 11.3 Å². The fraction of sp³-hybridized carbons (Fsp3) is 0.435. The van der Waals surface area contributed by atoms with Crippen LogP contribution in [0, 0.1) is 0 Å². The average Bonchev–Trinajstić information content (AvgIpc) is 3.46. The van der Waals surface area contributed by atoms with Gasteiger partial charge in [-0.05, 0) is 38.1 Å². The van der Waals surface area contributed by atoms with Gasteiger partial charge in [-0.1, -0.05) is 29.9 Å². The monoisotopic (exact) mass is 434 g/mol. The van der Waals surface area contributed by atoms with Crippen molar-refractivity contribution in [1.82, 2.24) is 24.8 Å². The molecule has 2 aliphatic heterocycles. The van der Waals surface area contributed by atoms with Crippen molar-refractivity contribution in [2.45, 2.75) is 25.8 Å². The number of anilines is 1. The Labute approximate surface area is 185 Å². The van der Waals surface area contributed by atoms with Gasteiger partial charge in [0.25, 0.3) is 0 Å². The van der Waals surface area contributed by atoms with E-state index in [1.54, 1.807) is 11.3 Å². The van der Waals surface area contributed by atoms with Gasteiger partial charge in [-0.2, -0.15) is 0 Å². The minimum atomic E-state index is 0.721. The van der Waals surface area contributed by atoms with E-state index in [4.69, 9.17) is 19.7 Å². The molecule has 0 spiro atoms. The van der Waals surface area contributed by atoms with Crippen molar-refractivity contribution in [3.05, 3.63) is 35.5 Å². The highest BCUT2D eigenvalue weighted by Gasteiger charge is 2.22. The Morgan fingerprint density at radius 3 is 2.71 bits per heavy atom. The van der Waals surface area contributed by atoms with E-state index >= 15 is 0 Å². The van der Waals surface area contributed by atoms with Crippen LogP contribution in [0.25, 0.3) is 32.6 Å². The first-order chi connectivity index (χ1) is 15.3. The van der Waals surface area contributed by atoms with Crippen LogP contribution in [0.1, 0.15) is 24.3 Å². The molecular formula is C23H26N6OS. The highest BCUT2D eigenvalue weighted by Crippen LogP contribution is 2.34. The lowest BCUT2D eigenvalue weighted by molar-refractivity contribution is 0.122. The lowest BCUT2D eigenvalue weighted by Crippen LogP contribution is -2.37. The predicted octanol–water partition coefficient (Wildman–Crippen LogP) is 4.06. The van der Waals surface area contributed by atoms with Gasteiger partial charge < -0.3 is 14.6 Å². The number of piperidine rings is 1. The number of thiazole rings is 1. The highest BCUT2D eigenvalue weighted by molar-refractivity contribution is 7.18. The molecule has 6 rings (SSSR count). The summed E-state index contributed by atoms with van der Waals surface area (Å²) < 4.78 is 5.59. The number of benzene rings is 1. The number of H-pyrrole nitrogens is 1. The van der Waals surface area contributed by atoms with Gasteiger partial charge in [-0.3, -0.25) is 4.90 Å². The smallest absolute Gasteiger partial charge is 0.163 e. The Kier molecular flexibility index (Phi) is 5.06. The summed E-state index contributed by atoms with van der Waals surface area (Å²) in [6.07, 6.45) is 5.89. The lowest BCUT2D eigenvalue weighted by Gasteiger charge is -2.28. The predicted molar refractivity (Wildman–Crippen MR) is 125 cm³/mol. The third kappa shape index (κ3) is 3.69. The first kappa shape index (κ1) is 19.2. The summed E-state index contributed by atoms with van der Waals surface area (Å²) in [5, 5.41) is 2.28. The number of hydrogen-bond donors (Lipinski definition) is 1. The van der Waals surface area contributed by atoms with Crippen molar-refractivity contribution in [2.24, 2.45) is 0 Å². The number of aromatic nitrogens is 4. The minimum Gasteiger partial charge on any atom is -0.378 e. The summed E-state index contributed by atoms with van der Waals surface area (Å²) in [6.45, 7) is 6.35. The van der Waals surface area contributed by atoms with Gasteiger partial charge in [-0.15, -0.1) is 0 Å².